The van der Waals surface area contributed by atoms with Crippen LogP contribution in [0.25, 0.3) is 11.0 Å². The van der Waals surface area contributed by atoms with E-state index in [-0.39, 0.29) is 5.54 Å². The number of nitrogens with zero attached hydrogens (tertiary/aromatic N) is 2. The average molecular weight is 270 g/mol. The molecule has 2 fully saturated rings. The minimum Gasteiger partial charge on any atom is -0.351 e. The minimum atomic E-state index is -0.445. The van der Waals surface area contributed by atoms with Crippen LogP contribution in [-0.2, 0) is 5.54 Å². The summed E-state index contributed by atoms with van der Waals surface area (Å²) in [5, 5.41) is 3.69. The molecule has 2 aromatic rings. The fourth-order valence-corrected chi connectivity index (χ4v) is 3.88. The largest absolute Gasteiger partial charge is 0.351 e. The third-order valence-corrected chi connectivity index (χ3v) is 4.77. The monoisotopic (exact) mass is 270 g/mol. The summed E-state index contributed by atoms with van der Waals surface area (Å²) in [6.45, 7) is 0. The van der Waals surface area contributed by atoms with Crippen molar-refractivity contribution in [2.75, 3.05) is 0 Å². The third kappa shape index (κ3) is 1.53. The van der Waals surface area contributed by atoms with E-state index < -0.39 is 6.03 Å². The summed E-state index contributed by atoms with van der Waals surface area (Å²) in [5.41, 5.74) is 7.09. The smallest absolute Gasteiger partial charge is 0.324 e. The molecule has 1 aromatic carbocycles. The lowest BCUT2D eigenvalue weighted by Gasteiger charge is -2.34. The van der Waals surface area contributed by atoms with Crippen LogP contribution in [-0.4, -0.2) is 21.6 Å². The number of fused-ring (bicyclic) bond motifs is 3. The van der Waals surface area contributed by atoms with Crippen LogP contribution in [0.1, 0.15) is 37.9 Å². The van der Waals surface area contributed by atoms with E-state index in [1.54, 1.807) is 4.57 Å². The first-order valence-electron chi connectivity index (χ1n) is 7.25. The van der Waals surface area contributed by atoms with E-state index in [2.05, 4.69) is 5.32 Å². The van der Waals surface area contributed by atoms with Gasteiger partial charge in [-0.3, -0.25) is 0 Å². The third-order valence-electron chi connectivity index (χ3n) is 4.77. The topological polar surface area (TPSA) is 72.9 Å². The molecule has 0 radical (unpaired) electrons. The first-order chi connectivity index (χ1) is 9.70. The number of carbonyl (C=O) groups excluding carboxylic acids is 1. The number of benzene rings is 1. The number of piperidine rings is 1. The predicted octanol–water partition coefficient (Wildman–Crippen LogP) is 2.09. The summed E-state index contributed by atoms with van der Waals surface area (Å²) in [7, 11) is 0. The summed E-state index contributed by atoms with van der Waals surface area (Å²) < 4.78 is 1.59. The van der Waals surface area contributed by atoms with Crippen molar-refractivity contribution in [2.24, 2.45) is 5.73 Å². The maximum atomic E-state index is 11.9. The predicted molar refractivity (Wildman–Crippen MR) is 76.4 cm³/mol. The summed E-state index contributed by atoms with van der Waals surface area (Å²) in [6.07, 6.45) is 5.62. The van der Waals surface area contributed by atoms with Gasteiger partial charge in [-0.25, -0.2) is 14.3 Å². The van der Waals surface area contributed by atoms with Crippen molar-refractivity contribution in [3.63, 3.8) is 0 Å². The molecular weight excluding hydrogens is 252 g/mol. The Kier molecular flexibility index (Phi) is 2.41. The van der Waals surface area contributed by atoms with Crippen LogP contribution in [0.5, 0.6) is 0 Å². The number of primary amides is 1. The molecule has 3 heterocycles. The van der Waals surface area contributed by atoms with Gasteiger partial charge in [-0.1, -0.05) is 12.1 Å². The van der Waals surface area contributed by atoms with E-state index in [9.17, 15) is 4.79 Å². The van der Waals surface area contributed by atoms with E-state index in [0.29, 0.717) is 6.04 Å². The van der Waals surface area contributed by atoms with Gasteiger partial charge in [0.05, 0.1) is 16.6 Å². The Hall–Kier alpha value is -1.88. The lowest BCUT2D eigenvalue weighted by molar-refractivity contribution is 0.238. The van der Waals surface area contributed by atoms with Gasteiger partial charge in [0, 0.05) is 6.04 Å². The summed E-state index contributed by atoms with van der Waals surface area (Å²) in [5.74, 6) is 0.799. The zero-order chi connectivity index (χ0) is 13.7. The molecule has 5 nitrogen and oxygen atoms in total. The van der Waals surface area contributed by atoms with Crippen molar-refractivity contribution in [3.05, 3.63) is 30.1 Å². The summed E-state index contributed by atoms with van der Waals surface area (Å²) >= 11 is 0. The Bertz CT molecular complexity index is 688. The first kappa shape index (κ1) is 11.9. The molecule has 2 aliphatic heterocycles. The molecule has 104 valence electrons. The van der Waals surface area contributed by atoms with Crippen molar-refractivity contribution < 1.29 is 4.79 Å². The van der Waals surface area contributed by atoms with Crippen LogP contribution >= 0.6 is 0 Å². The Morgan fingerprint density at radius 1 is 1.35 bits per heavy atom. The molecule has 4 rings (SSSR count). The van der Waals surface area contributed by atoms with Gasteiger partial charge in [-0.05, 0) is 44.2 Å². The molecule has 0 saturated carbocycles. The van der Waals surface area contributed by atoms with Gasteiger partial charge in [0.25, 0.3) is 0 Å². The van der Waals surface area contributed by atoms with E-state index in [1.165, 1.54) is 12.8 Å². The van der Waals surface area contributed by atoms with E-state index in [4.69, 9.17) is 10.7 Å². The lowest BCUT2D eigenvalue weighted by atomic mass is 9.89. The van der Waals surface area contributed by atoms with Crippen LogP contribution in [0.2, 0.25) is 0 Å². The van der Waals surface area contributed by atoms with Crippen LogP contribution in [0.4, 0.5) is 4.79 Å². The SMILES string of the molecule is NC(=O)n1c(C23CCCC(CC2)N3)nc2ccccc21. The number of nitrogens with one attached hydrogen (secondary N) is 1. The first-order valence-corrected chi connectivity index (χ1v) is 7.25. The van der Waals surface area contributed by atoms with Gasteiger partial charge in [0.2, 0.25) is 0 Å². The highest BCUT2D eigenvalue weighted by atomic mass is 16.2. The molecular formula is C15H18N4O. The second-order valence-electron chi connectivity index (χ2n) is 5.95. The molecule has 0 spiro atoms. The van der Waals surface area contributed by atoms with Crippen molar-refractivity contribution in [1.29, 1.82) is 0 Å². The zero-order valence-electron chi connectivity index (χ0n) is 11.3. The van der Waals surface area contributed by atoms with Gasteiger partial charge >= 0.3 is 6.03 Å². The zero-order valence-corrected chi connectivity index (χ0v) is 11.3. The number of hydrogen-bond acceptors (Lipinski definition) is 3. The molecule has 0 aliphatic carbocycles. The number of amides is 1. The van der Waals surface area contributed by atoms with Crippen molar-refractivity contribution in [1.82, 2.24) is 14.9 Å². The van der Waals surface area contributed by atoms with Gasteiger partial charge in [0.1, 0.15) is 5.82 Å². The molecule has 2 aliphatic rings. The maximum Gasteiger partial charge on any atom is 0.324 e. The maximum absolute atomic E-state index is 11.9. The van der Waals surface area contributed by atoms with Crippen molar-refractivity contribution in [2.45, 2.75) is 43.7 Å². The van der Waals surface area contributed by atoms with E-state index in [0.717, 1.165) is 36.1 Å². The van der Waals surface area contributed by atoms with Crippen LogP contribution in [0, 0.1) is 0 Å². The molecule has 2 bridgehead atoms. The number of rotatable bonds is 1. The summed E-state index contributed by atoms with van der Waals surface area (Å²) in [4.78, 5) is 16.7. The lowest BCUT2D eigenvalue weighted by Crippen LogP contribution is -2.46. The molecule has 5 heteroatoms. The second kappa shape index (κ2) is 4.06. The number of aromatic nitrogens is 2. The highest BCUT2D eigenvalue weighted by Crippen LogP contribution is 2.43. The van der Waals surface area contributed by atoms with Crippen molar-refractivity contribution in [3.8, 4) is 0 Å². The number of imidazole rings is 1. The molecule has 20 heavy (non-hydrogen) atoms. The van der Waals surface area contributed by atoms with E-state index in [1.807, 2.05) is 24.3 Å². The van der Waals surface area contributed by atoms with Crippen LogP contribution in [0.15, 0.2) is 24.3 Å². The second-order valence-corrected chi connectivity index (χ2v) is 5.95. The number of nitrogens with two attached hydrogens (primary N) is 1. The Balaban J connectivity index is 1.95. The Morgan fingerprint density at radius 3 is 3.05 bits per heavy atom. The fourth-order valence-electron chi connectivity index (χ4n) is 3.88. The normalized spacial score (nSPS) is 28.9. The van der Waals surface area contributed by atoms with Crippen LogP contribution < -0.4 is 11.1 Å². The average Bonchev–Trinajstić information content (AvgIpc) is 2.98. The molecule has 2 saturated heterocycles. The van der Waals surface area contributed by atoms with Gasteiger partial charge in [0.15, 0.2) is 0 Å². The molecule has 1 amide bonds. The quantitative estimate of drug-likeness (QED) is 0.833. The highest BCUT2D eigenvalue weighted by Gasteiger charge is 2.46. The molecule has 3 N–H and O–H groups in total. The number of para-hydroxylation sites is 2. The molecule has 2 unspecified atom stereocenters. The highest BCUT2D eigenvalue weighted by molar-refractivity contribution is 5.89. The molecule has 1 aromatic heterocycles. The number of hydrogen-bond donors (Lipinski definition) is 2. The Labute approximate surface area is 117 Å². The van der Waals surface area contributed by atoms with Crippen molar-refractivity contribution >= 4 is 17.1 Å². The van der Waals surface area contributed by atoms with Gasteiger partial charge in [-0.2, -0.15) is 0 Å². The van der Waals surface area contributed by atoms with E-state index >= 15 is 0 Å². The summed E-state index contributed by atoms with van der Waals surface area (Å²) in [6, 6.07) is 7.81. The van der Waals surface area contributed by atoms with Crippen LogP contribution in [0.3, 0.4) is 0 Å². The number of carbonyl (C=O) groups is 1. The minimum absolute atomic E-state index is 0.170. The molecule has 2 atom stereocenters. The fraction of sp³-hybridized carbons (Fsp3) is 0.467. The standard InChI is InChI=1S/C15H18N4O/c16-14(20)19-12-6-2-1-5-11(12)17-13(19)15-8-3-4-10(18-15)7-9-15/h1-2,5-6,10,18H,3-4,7-9H2,(H2,16,20). The Morgan fingerprint density at radius 2 is 2.20 bits per heavy atom. The van der Waals surface area contributed by atoms with Gasteiger partial charge < -0.3 is 11.1 Å². The van der Waals surface area contributed by atoms with Gasteiger partial charge in [-0.15, -0.1) is 0 Å².